The first-order valence-corrected chi connectivity index (χ1v) is 10.2. The second kappa shape index (κ2) is 9.53. The molecule has 0 saturated carbocycles. The molecule has 0 heterocycles. The SMILES string of the molecule is CS(=O)(=O)Nc1ccccc1C(=O)OCC(=O)N(CCC#N)c1ccccc1. The first-order valence-electron chi connectivity index (χ1n) is 8.28. The lowest BCUT2D eigenvalue weighted by molar-refractivity contribution is -0.121. The Hall–Kier alpha value is -3.38. The second-order valence-electron chi connectivity index (χ2n) is 5.78. The quantitative estimate of drug-likeness (QED) is 0.678. The van der Waals surface area contributed by atoms with Crippen LogP contribution in [0.15, 0.2) is 54.6 Å². The Labute approximate surface area is 163 Å². The molecule has 0 aliphatic rings. The van der Waals surface area contributed by atoms with Crippen LogP contribution in [0.1, 0.15) is 16.8 Å². The van der Waals surface area contributed by atoms with Gasteiger partial charge in [-0.05, 0) is 24.3 Å². The smallest absolute Gasteiger partial charge is 0.340 e. The molecule has 28 heavy (non-hydrogen) atoms. The molecule has 0 aromatic heterocycles. The van der Waals surface area contributed by atoms with Gasteiger partial charge in [-0.1, -0.05) is 30.3 Å². The third-order valence-corrected chi connectivity index (χ3v) is 4.18. The minimum Gasteiger partial charge on any atom is -0.452 e. The van der Waals surface area contributed by atoms with Gasteiger partial charge < -0.3 is 9.64 Å². The summed E-state index contributed by atoms with van der Waals surface area (Å²) in [7, 11) is -3.59. The molecule has 0 aliphatic heterocycles. The zero-order valence-electron chi connectivity index (χ0n) is 15.2. The first-order chi connectivity index (χ1) is 13.3. The van der Waals surface area contributed by atoms with Crippen LogP contribution in [0.4, 0.5) is 11.4 Å². The van der Waals surface area contributed by atoms with Gasteiger partial charge >= 0.3 is 5.97 Å². The molecule has 0 atom stereocenters. The average Bonchev–Trinajstić information content (AvgIpc) is 2.66. The van der Waals surface area contributed by atoms with E-state index < -0.39 is 28.5 Å². The van der Waals surface area contributed by atoms with Gasteiger partial charge in [0.15, 0.2) is 6.61 Å². The molecule has 9 heteroatoms. The Morgan fingerprint density at radius 2 is 1.75 bits per heavy atom. The van der Waals surface area contributed by atoms with E-state index in [4.69, 9.17) is 10.00 Å². The van der Waals surface area contributed by atoms with Gasteiger partial charge in [-0.25, -0.2) is 13.2 Å². The number of sulfonamides is 1. The predicted octanol–water partition coefficient (Wildman–Crippen LogP) is 2.16. The first kappa shape index (κ1) is 20.9. The van der Waals surface area contributed by atoms with Crippen LogP contribution >= 0.6 is 0 Å². The number of anilines is 2. The maximum atomic E-state index is 12.5. The van der Waals surface area contributed by atoms with E-state index in [0.29, 0.717) is 5.69 Å². The normalized spacial score (nSPS) is 10.6. The van der Waals surface area contributed by atoms with Crippen LogP contribution < -0.4 is 9.62 Å². The summed E-state index contributed by atoms with van der Waals surface area (Å²) in [5, 5.41) is 8.80. The molecule has 2 aromatic rings. The molecular formula is C19H19N3O5S. The number of carbonyl (C=O) groups is 2. The molecule has 2 rings (SSSR count). The molecular weight excluding hydrogens is 382 g/mol. The number of esters is 1. The van der Waals surface area contributed by atoms with Crippen molar-refractivity contribution in [2.24, 2.45) is 0 Å². The third kappa shape index (κ3) is 6.10. The largest absolute Gasteiger partial charge is 0.452 e. The summed E-state index contributed by atoms with van der Waals surface area (Å²) in [6, 6.07) is 16.6. The van der Waals surface area contributed by atoms with E-state index in [1.165, 1.54) is 17.0 Å². The zero-order valence-corrected chi connectivity index (χ0v) is 16.0. The molecule has 0 saturated heterocycles. The number of amides is 1. The molecule has 0 unspecified atom stereocenters. The highest BCUT2D eigenvalue weighted by molar-refractivity contribution is 7.92. The molecule has 2 aromatic carbocycles. The number of nitriles is 1. The van der Waals surface area contributed by atoms with E-state index in [9.17, 15) is 18.0 Å². The Morgan fingerprint density at radius 3 is 2.39 bits per heavy atom. The van der Waals surface area contributed by atoms with Gasteiger partial charge in [-0.3, -0.25) is 9.52 Å². The van der Waals surface area contributed by atoms with Gasteiger partial charge in [0.05, 0.1) is 30.0 Å². The minimum atomic E-state index is -3.59. The lowest BCUT2D eigenvalue weighted by atomic mass is 10.2. The molecule has 0 aliphatic carbocycles. The van der Waals surface area contributed by atoms with Crippen LogP contribution in [0.5, 0.6) is 0 Å². The van der Waals surface area contributed by atoms with E-state index >= 15 is 0 Å². The van der Waals surface area contributed by atoms with Gasteiger partial charge in [-0.2, -0.15) is 5.26 Å². The van der Waals surface area contributed by atoms with Crippen molar-refractivity contribution in [1.82, 2.24) is 0 Å². The maximum absolute atomic E-state index is 12.5. The summed E-state index contributed by atoms with van der Waals surface area (Å²) >= 11 is 0. The van der Waals surface area contributed by atoms with Crippen LogP contribution in [0.3, 0.4) is 0 Å². The van der Waals surface area contributed by atoms with Crippen molar-refractivity contribution in [2.75, 3.05) is 29.0 Å². The number of para-hydroxylation sites is 2. The fourth-order valence-electron chi connectivity index (χ4n) is 2.40. The lowest BCUT2D eigenvalue weighted by Crippen LogP contribution is -2.35. The summed E-state index contributed by atoms with van der Waals surface area (Å²) in [4.78, 5) is 26.2. The van der Waals surface area contributed by atoms with E-state index in [0.717, 1.165) is 6.26 Å². The molecule has 1 N–H and O–H groups in total. The van der Waals surface area contributed by atoms with Crippen LogP contribution in [-0.2, 0) is 19.6 Å². The molecule has 146 valence electrons. The zero-order chi connectivity index (χ0) is 20.6. The molecule has 1 amide bonds. The Bertz CT molecular complexity index is 984. The van der Waals surface area contributed by atoms with Gasteiger partial charge in [0.2, 0.25) is 10.0 Å². The maximum Gasteiger partial charge on any atom is 0.340 e. The third-order valence-electron chi connectivity index (χ3n) is 3.59. The van der Waals surface area contributed by atoms with E-state index in [1.54, 1.807) is 42.5 Å². The van der Waals surface area contributed by atoms with Crippen molar-refractivity contribution >= 4 is 33.3 Å². The topological polar surface area (TPSA) is 117 Å². The average molecular weight is 401 g/mol. The number of nitrogens with one attached hydrogen (secondary N) is 1. The standard InChI is InChI=1S/C19H19N3O5S/c1-28(25,26)21-17-11-6-5-10-16(17)19(24)27-14-18(23)22(13-7-12-20)15-8-3-2-4-9-15/h2-6,8-11,21H,7,13-14H2,1H3. The van der Waals surface area contributed by atoms with Crippen LogP contribution in [-0.4, -0.2) is 39.7 Å². The number of rotatable bonds is 8. The summed E-state index contributed by atoms with van der Waals surface area (Å²) in [6.07, 6.45) is 1.08. The van der Waals surface area contributed by atoms with E-state index in [2.05, 4.69) is 4.72 Å². The second-order valence-corrected chi connectivity index (χ2v) is 7.53. The van der Waals surface area contributed by atoms with Crippen LogP contribution in [0.25, 0.3) is 0 Å². The summed E-state index contributed by atoms with van der Waals surface area (Å²) in [5.41, 5.74) is 0.633. The van der Waals surface area contributed by atoms with Gasteiger partial charge in [0, 0.05) is 12.2 Å². The molecule has 0 radical (unpaired) electrons. The highest BCUT2D eigenvalue weighted by atomic mass is 32.2. The number of hydrogen-bond donors (Lipinski definition) is 1. The lowest BCUT2D eigenvalue weighted by Gasteiger charge is -2.21. The summed E-state index contributed by atoms with van der Waals surface area (Å²) in [6.45, 7) is -0.393. The Kier molecular flexibility index (Phi) is 7.12. The van der Waals surface area contributed by atoms with Gasteiger partial charge in [0.25, 0.3) is 5.91 Å². The molecule has 0 bridgehead atoms. The van der Waals surface area contributed by atoms with Crippen molar-refractivity contribution in [3.05, 3.63) is 60.2 Å². The minimum absolute atomic E-state index is 0.0102. The van der Waals surface area contributed by atoms with Crippen LogP contribution in [0, 0.1) is 11.3 Å². The van der Waals surface area contributed by atoms with Crippen molar-refractivity contribution in [1.29, 1.82) is 5.26 Å². The fraction of sp³-hybridized carbons (Fsp3) is 0.211. The highest BCUT2D eigenvalue weighted by Crippen LogP contribution is 2.18. The van der Waals surface area contributed by atoms with Crippen molar-refractivity contribution in [3.8, 4) is 6.07 Å². The van der Waals surface area contributed by atoms with Crippen molar-refractivity contribution in [3.63, 3.8) is 0 Å². The van der Waals surface area contributed by atoms with Crippen molar-refractivity contribution in [2.45, 2.75) is 6.42 Å². The molecule has 0 spiro atoms. The monoisotopic (exact) mass is 401 g/mol. The highest BCUT2D eigenvalue weighted by Gasteiger charge is 2.20. The van der Waals surface area contributed by atoms with Gasteiger partial charge in [0.1, 0.15) is 0 Å². The number of ether oxygens (including phenoxy) is 1. The molecule has 8 nitrogen and oxygen atoms in total. The van der Waals surface area contributed by atoms with E-state index in [-0.39, 0.29) is 24.2 Å². The number of benzene rings is 2. The molecule has 0 fully saturated rings. The summed E-state index contributed by atoms with van der Waals surface area (Å²) < 4.78 is 30.2. The Balaban J connectivity index is 2.11. The van der Waals surface area contributed by atoms with Crippen LogP contribution in [0.2, 0.25) is 0 Å². The number of carbonyl (C=O) groups excluding carboxylic acids is 2. The number of hydrogen-bond acceptors (Lipinski definition) is 6. The Morgan fingerprint density at radius 1 is 1.11 bits per heavy atom. The van der Waals surface area contributed by atoms with E-state index in [1.807, 2.05) is 6.07 Å². The van der Waals surface area contributed by atoms with Gasteiger partial charge in [-0.15, -0.1) is 0 Å². The van der Waals surface area contributed by atoms with Crippen molar-refractivity contribution < 1.29 is 22.7 Å². The summed E-state index contributed by atoms with van der Waals surface area (Å²) in [5.74, 6) is -1.34. The predicted molar refractivity (Wildman–Crippen MR) is 104 cm³/mol. The number of nitrogens with zero attached hydrogens (tertiary/aromatic N) is 2. The fourth-order valence-corrected chi connectivity index (χ4v) is 2.98.